The number of carbonyl (C=O) groups is 2. The van der Waals surface area contributed by atoms with Gasteiger partial charge in [0.15, 0.2) is 6.10 Å². The molecule has 144 valence electrons. The van der Waals surface area contributed by atoms with E-state index in [2.05, 4.69) is 0 Å². The van der Waals surface area contributed by atoms with Crippen molar-refractivity contribution < 1.29 is 19.1 Å². The molecule has 1 aromatic rings. The fourth-order valence-electron chi connectivity index (χ4n) is 3.28. The van der Waals surface area contributed by atoms with Gasteiger partial charge in [0.25, 0.3) is 0 Å². The Hall–Kier alpha value is -1.84. The van der Waals surface area contributed by atoms with Gasteiger partial charge >= 0.3 is 11.9 Å². The van der Waals surface area contributed by atoms with E-state index < -0.39 is 23.1 Å². The normalized spacial score (nSPS) is 18.5. The van der Waals surface area contributed by atoms with E-state index in [1.807, 2.05) is 51.1 Å². The molecule has 26 heavy (non-hydrogen) atoms. The Bertz CT molecular complexity index is 598. The molecule has 1 aliphatic rings. The zero-order valence-corrected chi connectivity index (χ0v) is 16.5. The summed E-state index contributed by atoms with van der Waals surface area (Å²) in [4.78, 5) is 25.0. The SMILES string of the molecule is CCC(C)(C)C(=O)OC(C)C(=O)OC1(c2ccccc2)CCCCCC1. The Morgan fingerprint density at radius 3 is 2.19 bits per heavy atom. The lowest BCUT2D eigenvalue weighted by Gasteiger charge is -2.34. The summed E-state index contributed by atoms with van der Waals surface area (Å²) in [5, 5.41) is 0. The first-order chi connectivity index (χ1) is 12.3. The average Bonchev–Trinajstić information content (AvgIpc) is 2.88. The second kappa shape index (κ2) is 8.70. The standard InChI is InChI=1S/C22H32O4/c1-5-21(3,4)20(24)25-17(2)19(23)26-22(15-11-6-7-12-16-22)18-13-9-8-10-14-18/h8-10,13-14,17H,5-7,11-12,15-16H2,1-4H3. The van der Waals surface area contributed by atoms with Gasteiger partial charge in [0.1, 0.15) is 5.60 Å². The topological polar surface area (TPSA) is 52.6 Å². The summed E-state index contributed by atoms with van der Waals surface area (Å²) < 4.78 is 11.4. The maximum atomic E-state index is 12.8. The summed E-state index contributed by atoms with van der Waals surface area (Å²) >= 11 is 0. The molecule has 0 aromatic heterocycles. The molecule has 1 saturated carbocycles. The second-order valence-corrected chi connectivity index (χ2v) is 7.98. The zero-order chi connectivity index (χ0) is 19.2. The predicted octanol–water partition coefficient (Wildman–Crippen LogP) is 5.15. The molecule has 0 saturated heterocycles. The van der Waals surface area contributed by atoms with Crippen molar-refractivity contribution in [3.05, 3.63) is 35.9 Å². The van der Waals surface area contributed by atoms with Crippen LogP contribution >= 0.6 is 0 Å². The third kappa shape index (κ3) is 4.87. The first-order valence-electron chi connectivity index (χ1n) is 9.80. The van der Waals surface area contributed by atoms with Gasteiger partial charge in [-0.2, -0.15) is 0 Å². The molecule has 4 heteroatoms. The number of ether oxygens (including phenoxy) is 2. The van der Waals surface area contributed by atoms with Gasteiger partial charge in [-0.1, -0.05) is 50.1 Å². The maximum Gasteiger partial charge on any atom is 0.348 e. The van der Waals surface area contributed by atoms with Crippen molar-refractivity contribution >= 4 is 11.9 Å². The molecule has 1 atom stereocenters. The average molecular weight is 360 g/mol. The summed E-state index contributed by atoms with van der Waals surface area (Å²) in [6.07, 6.45) is 5.73. The Kier molecular flexibility index (Phi) is 6.85. The van der Waals surface area contributed by atoms with Gasteiger partial charge in [-0.3, -0.25) is 4.79 Å². The number of hydrogen-bond acceptors (Lipinski definition) is 4. The van der Waals surface area contributed by atoms with Crippen LogP contribution in [0.5, 0.6) is 0 Å². The quantitative estimate of drug-likeness (QED) is 0.520. The molecule has 0 bridgehead atoms. The highest BCUT2D eigenvalue weighted by Crippen LogP contribution is 2.40. The highest BCUT2D eigenvalue weighted by atomic mass is 16.6. The van der Waals surface area contributed by atoms with Crippen molar-refractivity contribution in [3.8, 4) is 0 Å². The van der Waals surface area contributed by atoms with Crippen LogP contribution in [0.3, 0.4) is 0 Å². The summed E-state index contributed by atoms with van der Waals surface area (Å²) in [6, 6.07) is 9.96. The Balaban J connectivity index is 2.15. The summed E-state index contributed by atoms with van der Waals surface area (Å²) in [5.74, 6) is -0.824. The molecule has 0 spiro atoms. The number of benzene rings is 1. The predicted molar refractivity (Wildman–Crippen MR) is 102 cm³/mol. The number of carbonyl (C=O) groups excluding carboxylic acids is 2. The van der Waals surface area contributed by atoms with Gasteiger partial charge in [0.05, 0.1) is 5.41 Å². The van der Waals surface area contributed by atoms with Gasteiger partial charge in [-0.05, 0) is 58.4 Å². The molecule has 0 amide bonds. The number of esters is 2. The van der Waals surface area contributed by atoms with Crippen LogP contribution in [-0.4, -0.2) is 18.0 Å². The van der Waals surface area contributed by atoms with Crippen LogP contribution in [0.2, 0.25) is 0 Å². The van der Waals surface area contributed by atoms with Crippen LogP contribution in [0, 0.1) is 5.41 Å². The van der Waals surface area contributed by atoms with E-state index in [1.165, 1.54) is 0 Å². The first kappa shape index (κ1) is 20.5. The van der Waals surface area contributed by atoms with E-state index in [0.29, 0.717) is 6.42 Å². The van der Waals surface area contributed by atoms with Gasteiger partial charge in [0.2, 0.25) is 0 Å². The van der Waals surface area contributed by atoms with Gasteiger partial charge < -0.3 is 9.47 Å². The van der Waals surface area contributed by atoms with E-state index in [-0.39, 0.29) is 5.97 Å². The lowest BCUT2D eigenvalue weighted by atomic mass is 9.86. The minimum absolute atomic E-state index is 0.362. The van der Waals surface area contributed by atoms with E-state index >= 15 is 0 Å². The van der Waals surface area contributed by atoms with E-state index in [0.717, 1.165) is 44.1 Å². The minimum Gasteiger partial charge on any atom is -0.451 e. The molecular weight excluding hydrogens is 328 g/mol. The maximum absolute atomic E-state index is 12.8. The highest BCUT2D eigenvalue weighted by molar-refractivity contribution is 5.81. The molecule has 0 heterocycles. The van der Waals surface area contributed by atoms with Crippen molar-refractivity contribution in [1.82, 2.24) is 0 Å². The molecule has 0 aliphatic heterocycles. The largest absolute Gasteiger partial charge is 0.451 e. The molecule has 0 N–H and O–H groups in total. The molecule has 1 aromatic carbocycles. The van der Waals surface area contributed by atoms with Crippen LogP contribution in [-0.2, 0) is 24.7 Å². The van der Waals surface area contributed by atoms with Crippen molar-refractivity contribution in [2.45, 2.75) is 84.3 Å². The molecule has 2 rings (SSSR count). The van der Waals surface area contributed by atoms with Crippen LogP contribution in [0.25, 0.3) is 0 Å². The summed E-state index contributed by atoms with van der Waals surface area (Å²) in [5.41, 5.74) is -0.188. The van der Waals surface area contributed by atoms with Crippen LogP contribution in [0.4, 0.5) is 0 Å². The van der Waals surface area contributed by atoms with E-state index in [9.17, 15) is 9.59 Å². The Morgan fingerprint density at radius 1 is 1.08 bits per heavy atom. The van der Waals surface area contributed by atoms with Crippen LogP contribution < -0.4 is 0 Å². The van der Waals surface area contributed by atoms with Crippen molar-refractivity contribution in [2.24, 2.45) is 5.41 Å². The van der Waals surface area contributed by atoms with Crippen molar-refractivity contribution in [3.63, 3.8) is 0 Å². The Labute approximate surface area is 157 Å². The molecule has 1 fully saturated rings. The lowest BCUT2D eigenvalue weighted by Crippen LogP contribution is -2.39. The zero-order valence-electron chi connectivity index (χ0n) is 16.5. The third-order valence-electron chi connectivity index (χ3n) is 5.56. The number of rotatable bonds is 6. The fraction of sp³-hybridized carbons (Fsp3) is 0.636. The van der Waals surface area contributed by atoms with E-state index in [4.69, 9.17) is 9.47 Å². The van der Waals surface area contributed by atoms with E-state index in [1.54, 1.807) is 6.92 Å². The Morgan fingerprint density at radius 2 is 1.65 bits per heavy atom. The smallest absolute Gasteiger partial charge is 0.348 e. The van der Waals surface area contributed by atoms with Crippen LogP contribution in [0.15, 0.2) is 30.3 Å². The molecule has 1 aliphatic carbocycles. The minimum atomic E-state index is -0.905. The summed E-state index contributed by atoms with van der Waals surface area (Å²) in [6.45, 7) is 7.18. The molecule has 4 nitrogen and oxygen atoms in total. The molecular formula is C22H32O4. The summed E-state index contributed by atoms with van der Waals surface area (Å²) in [7, 11) is 0. The second-order valence-electron chi connectivity index (χ2n) is 7.98. The van der Waals surface area contributed by atoms with Gasteiger partial charge in [0, 0.05) is 0 Å². The molecule has 0 radical (unpaired) electrons. The fourth-order valence-corrected chi connectivity index (χ4v) is 3.28. The van der Waals surface area contributed by atoms with Gasteiger partial charge in [-0.15, -0.1) is 0 Å². The third-order valence-corrected chi connectivity index (χ3v) is 5.56. The van der Waals surface area contributed by atoms with Gasteiger partial charge in [-0.25, -0.2) is 4.79 Å². The van der Waals surface area contributed by atoms with Crippen LogP contribution in [0.1, 0.15) is 78.2 Å². The van der Waals surface area contributed by atoms with Crippen molar-refractivity contribution in [1.29, 1.82) is 0 Å². The monoisotopic (exact) mass is 360 g/mol. The highest BCUT2D eigenvalue weighted by Gasteiger charge is 2.39. The first-order valence-corrected chi connectivity index (χ1v) is 9.80. The van der Waals surface area contributed by atoms with Crippen molar-refractivity contribution in [2.75, 3.05) is 0 Å². The number of hydrogen-bond donors (Lipinski definition) is 0. The molecule has 1 unspecified atom stereocenters. The lowest BCUT2D eigenvalue weighted by molar-refractivity contribution is -0.184.